The van der Waals surface area contributed by atoms with E-state index in [4.69, 9.17) is 0 Å². The lowest BCUT2D eigenvalue weighted by Crippen LogP contribution is -2.11. The van der Waals surface area contributed by atoms with Crippen LogP contribution in [0.5, 0.6) is 0 Å². The molecule has 0 fully saturated rings. The summed E-state index contributed by atoms with van der Waals surface area (Å²) >= 11 is 0. The summed E-state index contributed by atoms with van der Waals surface area (Å²) in [5, 5.41) is 16.9. The van der Waals surface area contributed by atoms with Gasteiger partial charge < -0.3 is 15.2 Å². The topological polar surface area (TPSA) is 111 Å². The molecular weight excluding hydrogens is 262 g/mol. The van der Waals surface area contributed by atoms with E-state index in [1.165, 1.54) is 6.33 Å². The first-order valence-corrected chi connectivity index (χ1v) is 6.06. The Kier molecular flexibility index (Phi) is 4.08. The summed E-state index contributed by atoms with van der Waals surface area (Å²) in [5.74, 6) is 1.13. The van der Waals surface area contributed by atoms with E-state index in [-0.39, 0.29) is 17.3 Å². The van der Waals surface area contributed by atoms with Crippen molar-refractivity contribution in [2.24, 2.45) is 7.05 Å². The zero-order chi connectivity index (χ0) is 14.5. The van der Waals surface area contributed by atoms with Gasteiger partial charge in [0.1, 0.15) is 12.2 Å². The minimum Gasteiger partial charge on any atom is -0.364 e. The number of nitro groups is 1. The van der Waals surface area contributed by atoms with Crippen LogP contribution in [0.1, 0.15) is 12.7 Å². The molecule has 106 valence electrons. The SMILES string of the molecule is CCNc1ncnc(NCc2nccn2C)c1[N+](=O)[O-]. The maximum absolute atomic E-state index is 11.2. The third-order valence-electron chi connectivity index (χ3n) is 2.68. The molecule has 0 amide bonds. The number of aryl methyl sites for hydroxylation is 1. The standard InChI is InChI=1S/C11H15N7O2/c1-3-12-10-9(18(19)20)11(16-7-15-10)14-6-8-13-4-5-17(8)2/h4-5,7H,3,6H2,1-2H3,(H2,12,14,15,16). The summed E-state index contributed by atoms with van der Waals surface area (Å²) in [4.78, 5) is 22.6. The summed E-state index contributed by atoms with van der Waals surface area (Å²) in [7, 11) is 1.85. The van der Waals surface area contributed by atoms with Crippen molar-refractivity contribution in [1.82, 2.24) is 19.5 Å². The summed E-state index contributed by atoms with van der Waals surface area (Å²) in [6, 6.07) is 0. The van der Waals surface area contributed by atoms with Gasteiger partial charge in [0.2, 0.25) is 11.6 Å². The Balaban J connectivity index is 2.24. The van der Waals surface area contributed by atoms with E-state index in [9.17, 15) is 10.1 Å². The van der Waals surface area contributed by atoms with E-state index in [1.54, 1.807) is 12.4 Å². The van der Waals surface area contributed by atoms with Crippen LogP contribution in [-0.4, -0.2) is 31.0 Å². The number of hydrogen-bond donors (Lipinski definition) is 2. The Morgan fingerprint density at radius 1 is 1.30 bits per heavy atom. The Morgan fingerprint density at radius 3 is 2.55 bits per heavy atom. The molecule has 0 aliphatic carbocycles. The second-order valence-electron chi connectivity index (χ2n) is 4.01. The number of hydrogen-bond acceptors (Lipinski definition) is 7. The van der Waals surface area contributed by atoms with E-state index in [0.29, 0.717) is 13.1 Å². The number of nitrogens with one attached hydrogen (secondary N) is 2. The second kappa shape index (κ2) is 5.95. The van der Waals surface area contributed by atoms with Crippen LogP contribution in [0, 0.1) is 10.1 Å². The normalized spacial score (nSPS) is 10.3. The minimum atomic E-state index is -0.501. The fourth-order valence-electron chi connectivity index (χ4n) is 1.71. The molecular formula is C11H15N7O2. The van der Waals surface area contributed by atoms with Crippen molar-refractivity contribution in [1.29, 1.82) is 0 Å². The number of aromatic nitrogens is 4. The molecule has 0 bridgehead atoms. The number of anilines is 2. The molecule has 2 aromatic rings. The van der Waals surface area contributed by atoms with Gasteiger partial charge in [0.15, 0.2) is 0 Å². The molecule has 9 heteroatoms. The Labute approximate surface area is 115 Å². The van der Waals surface area contributed by atoms with Crippen molar-refractivity contribution in [3.8, 4) is 0 Å². The highest BCUT2D eigenvalue weighted by molar-refractivity contribution is 5.69. The van der Waals surface area contributed by atoms with E-state index in [1.807, 2.05) is 18.5 Å². The van der Waals surface area contributed by atoms with Crippen molar-refractivity contribution in [3.63, 3.8) is 0 Å². The average molecular weight is 277 g/mol. The van der Waals surface area contributed by atoms with Gasteiger partial charge in [0.25, 0.3) is 0 Å². The predicted octanol–water partition coefficient (Wildman–Crippen LogP) is 1.16. The molecule has 2 aromatic heterocycles. The molecule has 2 N–H and O–H groups in total. The minimum absolute atomic E-state index is 0.163. The van der Waals surface area contributed by atoms with Gasteiger partial charge in [-0.15, -0.1) is 0 Å². The first kappa shape index (κ1) is 13.7. The highest BCUT2D eigenvalue weighted by Gasteiger charge is 2.22. The third kappa shape index (κ3) is 2.82. The van der Waals surface area contributed by atoms with E-state index < -0.39 is 4.92 Å². The highest BCUT2D eigenvalue weighted by Crippen LogP contribution is 2.28. The van der Waals surface area contributed by atoms with Crippen molar-refractivity contribution < 1.29 is 4.92 Å². The van der Waals surface area contributed by atoms with Gasteiger partial charge in [-0.1, -0.05) is 0 Å². The van der Waals surface area contributed by atoms with Crippen molar-refractivity contribution in [2.45, 2.75) is 13.5 Å². The number of rotatable bonds is 6. The quantitative estimate of drug-likeness (QED) is 0.602. The molecule has 0 unspecified atom stereocenters. The van der Waals surface area contributed by atoms with Crippen LogP contribution in [0.2, 0.25) is 0 Å². The van der Waals surface area contributed by atoms with Crippen molar-refractivity contribution >= 4 is 17.3 Å². The number of nitrogens with zero attached hydrogens (tertiary/aromatic N) is 5. The van der Waals surface area contributed by atoms with Gasteiger partial charge in [-0.3, -0.25) is 10.1 Å². The van der Waals surface area contributed by atoms with Crippen molar-refractivity contribution in [2.75, 3.05) is 17.2 Å². The van der Waals surface area contributed by atoms with Crippen molar-refractivity contribution in [3.05, 3.63) is 34.7 Å². The maximum atomic E-state index is 11.2. The Morgan fingerprint density at radius 2 is 2.00 bits per heavy atom. The molecule has 2 heterocycles. The monoisotopic (exact) mass is 277 g/mol. The molecule has 0 saturated heterocycles. The second-order valence-corrected chi connectivity index (χ2v) is 4.01. The predicted molar refractivity (Wildman–Crippen MR) is 73.4 cm³/mol. The summed E-state index contributed by atoms with van der Waals surface area (Å²) in [6.45, 7) is 2.72. The van der Waals surface area contributed by atoms with Gasteiger partial charge in [-0.25, -0.2) is 15.0 Å². The largest absolute Gasteiger partial charge is 0.364 e. The highest BCUT2D eigenvalue weighted by atomic mass is 16.6. The molecule has 2 rings (SSSR count). The third-order valence-corrected chi connectivity index (χ3v) is 2.68. The fourth-order valence-corrected chi connectivity index (χ4v) is 1.71. The number of imidazole rings is 1. The molecule has 0 aromatic carbocycles. The summed E-state index contributed by atoms with van der Waals surface area (Å²) in [6.07, 6.45) is 4.75. The molecule has 9 nitrogen and oxygen atoms in total. The van der Waals surface area contributed by atoms with Gasteiger partial charge in [-0.05, 0) is 6.92 Å². The summed E-state index contributed by atoms with van der Waals surface area (Å²) < 4.78 is 1.82. The van der Waals surface area contributed by atoms with E-state index in [2.05, 4.69) is 25.6 Å². The average Bonchev–Trinajstić information content (AvgIpc) is 2.82. The van der Waals surface area contributed by atoms with Crippen LogP contribution in [0.25, 0.3) is 0 Å². The van der Waals surface area contributed by atoms with Gasteiger partial charge in [0.05, 0.1) is 11.5 Å². The first-order valence-electron chi connectivity index (χ1n) is 6.06. The smallest absolute Gasteiger partial charge is 0.353 e. The molecule has 0 saturated carbocycles. The van der Waals surface area contributed by atoms with Crippen LogP contribution in [0.3, 0.4) is 0 Å². The fraction of sp³-hybridized carbons (Fsp3) is 0.364. The lowest BCUT2D eigenvalue weighted by molar-refractivity contribution is -0.383. The molecule has 0 radical (unpaired) electrons. The van der Waals surface area contributed by atoms with Gasteiger partial charge in [0, 0.05) is 26.0 Å². The van der Waals surface area contributed by atoms with Crippen LogP contribution in [0.4, 0.5) is 17.3 Å². The zero-order valence-corrected chi connectivity index (χ0v) is 11.2. The molecule has 0 aliphatic heterocycles. The van der Waals surface area contributed by atoms with Crippen LogP contribution in [-0.2, 0) is 13.6 Å². The lowest BCUT2D eigenvalue weighted by atomic mass is 10.4. The first-order chi connectivity index (χ1) is 9.63. The summed E-state index contributed by atoms with van der Waals surface area (Å²) in [5.41, 5.74) is -0.163. The Hall–Kier alpha value is -2.71. The van der Waals surface area contributed by atoms with Gasteiger partial charge >= 0.3 is 5.69 Å². The zero-order valence-electron chi connectivity index (χ0n) is 11.2. The Bertz CT molecular complexity index is 611. The van der Waals surface area contributed by atoms with Crippen LogP contribution >= 0.6 is 0 Å². The van der Waals surface area contributed by atoms with Crippen LogP contribution in [0.15, 0.2) is 18.7 Å². The molecule has 20 heavy (non-hydrogen) atoms. The maximum Gasteiger partial charge on any atom is 0.353 e. The molecule has 0 spiro atoms. The van der Waals surface area contributed by atoms with E-state index >= 15 is 0 Å². The van der Waals surface area contributed by atoms with Gasteiger partial charge in [-0.2, -0.15) is 0 Å². The lowest BCUT2D eigenvalue weighted by Gasteiger charge is -2.08. The molecule has 0 atom stereocenters. The van der Waals surface area contributed by atoms with E-state index in [0.717, 1.165) is 5.82 Å². The molecule has 0 aliphatic rings. The van der Waals surface area contributed by atoms with Crippen LogP contribution < -0.4 is 10.6 Å².